The quantitative estimate of drug-likeness (QED) is 0.747. The molecule has 0 saturated heterocycles. The fraction of sp³-hybridized carbons (Fsp3) is 0.143. The molecule has 1 unspecified atom stereocenters. The van der Waals surface area contributed by atoms with Gasteiger partial charge in [-0.25, -0.2) is 4.39 Å². The third-order valence-corrected chi connectivity index (χ3v) is 4.51. The van der Waals surface area contributed by atoms with E-state index in [-0.39, 0.29) is 11.9 Å². The number of rotatable bonds is 3. The van der Waals surface area contributed by atoms with Gasteiger partial charge in [0.05, 0.1) is 9.83 Å². The summed E-state index contributed by atoms with van der Waals surface area (Å²) in [4.78, 5) is 0. The van der Waals surface area contributed by atoms with E-state index in [9.17, 15) is 4.39 Å². The van der Waals surface area contributed by atoms with Gasteiger partial charge in [-0.3, -0.25) is 0 Å². The number of furan rings is 1. The van der Waals surface area contributed by atoms with Crippen LogP contribution in [0.25, 0.3) is 11.0 Å². The van der Waals surface area contributed by atoms with E-state index in [1.54, 1.807) is 17.4 Å². The predicted octanol–water partition coefficient (Wildman–Crippen LogP) is 4.70. The molecule has 1 N–H and O–H groups in total. The Morgan fingerprint density at radius 1 is 1.32 bits per heavy atom. The summed E-state index contributed by atoms with van der Waals surface area (Å²) < 4.78 is 20.1. The molecule has 19 heavy (non-hydrogen) atoms. The molecule has 0 fully saturated rings. The lowest BCUT2D eigenvalue weighted by Gasteiger charge is -2.11. The van der Waals surface area contributed by atoms with Gasteiger partial charge in [0.25, 0.3) is 0 Å². The highest BCUT2D eigenvalue weighted by molar-refractivity contribution is 9.11. The minimum Gasteiger partial charge on any atom is -0.459 e. The van der Waals surface area contributed by atoms with Crippen LogP contribution < -0.4 is 5.32 Å². The molecule has 0 aliphatic rings. The molecule has 2 aromatic heterocycles. The van der Waals surface area contributed by atoms with E-state index >= 15 is 0 Å². The molecule has 0 bridgehead atoms. The summed E-state index contributed by atoms with van der Waals surface area (Å²) in [6.45, 7) is 0. The van der Waals surface area contributed by atoms with Crippen molar-refractivity contribution in [3.8, 4) is 0 Å². The maximum atomic E-state index is 13.2. The Morgan fingerprint density at radius 2 is 2.16 bits per heavy atom. The van der Waals surface area contributed by atoms with E-state index in [0.717, 1.165) is 20.5 Å². The molecular formula is C14H11BrFNOS. The van der Waals surface area contributed by atoms with Crippen molar-refractivity contribution in [1.29, 1.82) is 0 Å². The van der Waals surface area contributed by atoms with Crippen molar-refractivity contribution < 1.29 is 8.81 Å². The lowest BCUT2D eigenvalue weighted by molar-refractivity contribution is 0.492. The molecular weight excluding hydrogens is 329 g/mol. The highest BCUT2D eigenvalue weighted by Crippen LogP contribution is 2.32. The molecule has 1 aromatic carbocycles. The van der Waals surface area contributed by atoms with Gasteiger partial charge in [0.1, 0.15) is 17.2 Å². The van der Waals surface area contributed by atoms with Crippen LogP contribution in [0.5, 0.6) is 0 Å². The molecule has 2 heterocycles. The van der Waals surface area contributed by atoms with Gasteiger partial charge < -0.3 is 9.73 Å². The predicted molar refractivity (Wildman–Crippen MR) is 79.1 cm³/mol. The van der Waals surface area contributed by atoms with Crippen LogP contribution in [0.3, 0.4) is 0 Å². The maximum Gasteiger partial charge on any atom is 0.134 e. The molecule has 2 nitrogen and oxygen atoms in total. The SMILES string of the molecule is CNC(c1csc(Br)c1)c1cc2cc(F)ccc2o1. The lowest BCUT2D eigenvalue weighted by atomic mass is 10.1. The molecule has 3 rings (SSSR count). The fourth-order valence-electron chi connectivity index (χ4n) is 2.12. The second kappa shape index (κ2) is 5.07. The zero-order valence-electron chi connectivity index (χ0n) is 10.1. The van der Waals surface area contributed by atoms with Crippen molar-refractivity contribution in [1.82, 2.24) is 5.32 Å². The van der Waals surface area contributed by atoms with E-state index in [4.69, 9.17) is 4.42 Å². The van der Waals surface area contributed by atoms with Crippen molar-refractivity contribution in [2.24, 2.45) is 0 Å². The van der Waals surface area contributed by atoms with E-state index < -0.39 is 0 Å². The largest absolute Gasteiger partial charge is 0.459 e. The third kappa shape index (κ3) is 2.45. The normalized spacial score (nSPS) is 13.0. The summed E-state index contributed by atoms with van der Waals surface area (Å²) in [5.41, 5.74) is 1.82. The molecule has 0 amide bonds. The average Bonchev–Trinajstić information content (AvgIpc) is 2.96. The molecule has 0 spiro atoms. The van der Waals surface area contributed by atoms with E-state index in [1.165, 1.54) is 12.1 Å². The van der Waals surface area contributed by atoms with Gasteiger partial charge in [0.2, 0.25) is 0 Å². The first-order valence-electron chi connectivity index (χ1n) is 5.77. The van der Waals surface area contributed by atoms with Crippen LogP contribution in [-0.4, -0.2) is 7.05 Å². The highest BCUT2D eigenvalue weighted by atomic mass is 79.9. The van der Waals surface area contributed by atoms with Gasteiger partial charge in [-0.2, -0.15) is 0 Å². The topological polar surface area (TPSA) is 25.2 Å². The van der Waals surface area contributed by atoms with Crippen LogP contribution in [0.4, 0.5) is 4.39 Å². The van der Waals surface area contributed by atoms with Crippen molar-refractivity contribution in [2.75, 3.05) is 7.05 Å². The Hall–Kier alpha value is -1.17. The number of thiophene rings is 1. The fourth-order valence-corrected chi connectivity index (χ4v) is 3.33. The summed E-state index contributed by atoms with van der Waals surface area (Å²) >= 11 is 5.08. The third-order valence-electron chi connectivity index (χ3n) is 2.99. The zero-order chi connectivity index (χ0) is 13.4. The van der Waals surface area contributed by atoms with Gasteiger partial charge >= 0.3 is 0 Å². The van der Waals surface area contributed by atoms with Crippen molar-refractivity contribution in [3.05, 3.63) is 56.6 Å². The van der Waals surface area contributed by atoms with E-state index in [1.807, 2.05) is 13.1 Å². The van der Waals surface area contributed by atoms with Gasteiger partial charge in [-0.1, -0.05) is 0 Å². The van der Waals surface area contributed by atoms with E-state index in [2.05, 4.69) is 32.7 Å². The number of halogens is 2. The monoisotopic (exact) mass is 339 g/mol. The first-order valence-corrected chi connectivity index (χ1v) is 7.45. The van der Waals surface area contributed by atoms with Crippen molar-refractivity contribution in [3.63, 3.8) is 0 Å². The highest BCUT2D eigenvalue weighted by Gasteiger charge is 2.18. The smallest absolute Gasteiger partial charge is 0.134 e. The van der Waals surface area contributed by atoms with Gasteiger partial charge in [0, 0.05) is 5.39 Å². The van der Waals surface area contributed by atoms with E-state index in [0.29, 0.717) is 5.58 Å². The van der Waals surface area contributed by atoms with Crippen molar-refractivity contribution >= 4 is 38.2 Å². The number of hydrogen-bond acceptors (Lipinski definition) is 3. The molecule has 0 aliphatic heterocycles. The average molecular weight is 340 g/mol. The Labute approximate surface area is 122 Å². The lowest BCUT2D eigenvalue weighted by Crippen LogP contribution is -2.16. The Bertz CT molecular complexity index is 721. The van der Waals surface area contributed by atoms with Crippen LogP contribution in [0.1, 0.15) is 17.4 Å². The summed E-state index contributed by atoms with van der Waals surface area (Å²) in [6.07, 6.45) is 0. The number of nitrogens with one attached hydrogen (secondary N) is 1. The van der Waals surface area contributed by atoms with Crippen LogP contribution >= 0.6 is 27.3 Å². The minimum absolute atomic E-state index is 0.0296. The van der Waals surface area contributed by atoms with Crippen LogP contribution in [0.2, 0.25) is 0 Å². The standard InChI is InChI=1S/C14H11BrFNOS/c1-17-14(9-6-13(15)19-7-9)12-5-8-4-10(16)2-3-11(8)18-12/h2-7,14,17H,1H3. The Balaban J connectivity index is 2.06. The molecule has 0 aliphatic carbocycles. The summed E-state index contributed by atoms with van der Waals surface area (Å²) in [5, 5.41) is 6.07. The zero-order valence-corrected chi connectivity index (χ0v) is 12.5. The molecule has 0 saturated carbocycles. The van der Waals surface area contributed by atoms with Crippen molar-refractivity contribution in [2.45, 2.75) is 6.04 Å². The molecule has 98 valence electrons. The first-order chi connectivity index (χ1) is 9.17. The molecule has 3 aromatic rings. The number of benzene rings is 1. The van der Waals surface area contributed by atoms with Crippen LogP contribution in [-0.2, 0) is 0 Å². The number of hydrogen-bond donors (Lipinski definition) is 1. The Kier molecular flexibility index (Phi) is 3.43. The molecule has 0 radical (unpaired) electrons. The second-order valence-electron chi connectivity index (χ2n) is 4.24. The molecule has 1 atom stereocenters. The van der Waals surface area contributed by atoms with Gasteiger partial charge in [-0.15, -0.1) is 11.3 Å². The number of fused-ring (bicyclic) bond motifs is 1. The van der Waals surface area contributed by atoms with Gasteiger partial charge in [-0.05, 0) is 64.3 Å². The van der Waals surface area contributed by atoms with Crippen LogP contribution in [0.15, 0.2) is 43.9 Å². The summed E-state index contributed by atoms with van der Waals surface area (Å²) in [5.74, 6) is 0.535. The summed E-state index contributed by atoms with van der Waals surface area (Å²) in [7, 11) is 1.88. The Morgan fingerprint density at radius 3 is 2.84 bits per heavy atom. The molecule has 5 heteroatoms. The van der Waals surface area contributed by atoms with Crippen LogP contribution in [0, 0.1) is 5.82 Å². The summed E-state index contributed by atoms with van der Waals surface area (Å²) in [6, 6.07) is 8.46. The minimum atomic E-state index is -0.251. The second-order valence-corrected chi connectivity index (χ2v) is 6.53. The van der Waals surface area contributed by atoms with Gasteiger partial charge in [0.15, 0.2) is 0 Å². The maximum absolute atomic E-state index is 13.2. The first kappa shape index (κ1) is 12.8.